The Morgan fingerprint density at radius 3 is 2.66 bits per heavy atom. The zero-order chi connectivity index (χ0) is 21.0. The van der Waals surface area contributed by atoms with Gasteiger partial charge in [0, 0.05) is 16.6 Å². The monoisotopic (exact) mass is 391 g/mol. The third kappa shape index (κ3) is 4.49. The van der Waals surface area contributed by atoms with E-state index in [9.17, 15) is 9.90 Å². The number of aliphatic imine (C=N–C) groups is 1. The van der Waals surface area contributed by atoms with E-state index in [4.69, 9.17) is 10.5 Å². The highest BCUT2D eigenvalue weighted by molar-refractivity contribution is 5.97. The maximum atomic E-state index is 11.4. The van der Waals surface area contributed by atoms with Crippen molar-refractivity contribution in [3.8, 4) is 5.75 Å². The Kier molecular flexibility index (Phi) is 5.73. The average molecular weight is 391 g/mol. The van der Waals surface area contributed by atoms with E-state index in [1.807, 2.05) is 32.0 Å². The van der Waals surface area contributed by atoms with Gasteiger partial charge in [-0.2, -0.15) is 4.99 Å². The third-order valence-corrected chi connectivity index (χ3v) is 4.14. The van der Waals surface area contributed by atoms with Crippen LogP contribution in [0.3, 0.4) is 0 Å². The molecule has 1 aromatic heterocycles. The maximum absolute atomic E-state index is 11.4. The second-order valence-corrected chi connectivity index (χ2v) is 6.17. The molecule has 3 rings (SSSR count). The number of carboxylic acid groups (broad SMARTS) is 1. The highest BCUT2D eigenvalue weighted by Crippen LogP contribution is 2.23. The van der Waals surface area contributed by atoms with Crippen molar-refractivity contribution in [1.82, 2.24) is 15.3 Å². The van der Waals surface area contributed by atoms with Crippen LogP contribution in [-0.2, 0) is 0 Å². The first-order valence-electron chi connectivity index (χ1n) is 8.93. The van der Waals surface area contributed by atoms with Gasteiger partial charge < -0.3 is 20.9 Å². The highest BCUT2D eigenvalue weighted by Gasteiger charge is 2.12. The Morgan fingerprint density at radius 1 is 1.24 bits per heavy atom. The molecular formula is C21H21N5O3. The number of aromatic carboxylic acids is 1. The third-order valence-electron chi connectivity index (χ3n) is 4.14. The first-order chi connectivity index (χ1) is 13.9. The summed E-state index contributed by atoms with van der Waals surface area (Å²) in [6.45, 7) is 8.20. The quantitative estimate of drug-likeness (QED) is 0.435. The molecule has 3 aromatic rings. The number of fused-ring (bicyclic) bond motifs is 1. The number of guanidine groups is 1. The van der Waals surface area contributed by atoms with Crippen LogP contribution in [0.5, 0.6) is 5.75 Å². The lowest BCUT2D eigenvalue weighted by molar-refractivity contribution is 0.0696. The minimum Gasteiger partial charge on any atom is -0.494 e. The number of rotatable bonds is 6. The molecule has 29 heavy (non-hydrogen) atoms. The second-order valence-electron chi connectivity index (χ2n) is 6.17. The zero-order valence-corrected chi connectivity index (χ0v) is 16.1. The summed E-state index contributed by atoms with van der Waals surface area (Å²) in [7, 11) is 0. The lowest BCUT2D eigenvalue weighted by atomic mass is 10.1. The first kappa shape index (κ1) is 19.8. The standard InChI is InChI=1S/C21H21N5O3/c1-4-29-14-9-10-18-17(11-14)13(3)24-21(25-18)26-20(22)23-12(2)15-7-5-6-8-16(15)19(27)28/h5-11H,2,4H2,1,3H3,(H,27,28)(H3,22,23,24,25,26). The van der Waals surface area contributed by atoms with E-state index in [2.05, 4.69) is 26.9 Å². The van der Waals surface area contributed by atoms with Gasteiger partial charge in [0.2, 0.25) is 5.96 Å². The molecule has 0 saturated carbocycles. The number of nitrogens with two attached hydrogens (primary N) is 1. The van der Waals surface area contributed by atoms with Gasteiger partial charge in [-0.1, -0.05) is 24.8 Å². The summed E-state index contributed by atoms with van der Waals surface area (Å²) < 4.78 is 5.51. The van der Waals surface area contributed by atoms with Crippen molar-refractivity contribution < 1.29 is 14.6 Å². The molecular weight excluding hydrogens is 370 g/mol. The second kappa shape index (κ2) is 8.39. The normalized spacial score (nSPS) is 11.3. The van der Waals surface area contributed by atoms with Crippen LogP contribution in [-0.4, -0.2) is 33.6 Å². The average Bonchev–Trinajstić information content (AvgIpc) is 2.68. The number of nitrogens with zero attached hydrogens (tertiary/aromatic N) is 3. The number of hydrogen-bond donors (Lipinski definition) is 3. The molecule has 4 N–H and O–H groups in total. The van der Waals surface area contributed by atoms with E-state index in [1.54, 1.807) is 18.2 Å². The molecule has 0 unspecified atom stereocenters. The summed E-state index contributed by atoms with van der Waals surface area (Å²) in [4.78, 5) is 24.3. The summed E-state index contributed by atoms with van der Waals surface area (Å²) in [5.41, 5.74) is 8.24. The van der Waals surface area contributed by atoms with E-state index >= 15 is 0 Å². The number of carboxylic acids is 1. The van der Waals surface area contributed by atoms with Gasteiger partial charge in [-0.25, -0.2) is 14.8 Å². The Balaban J connectivity index is 1.86. The molecule has 0 saturated heterocycles. The lowest BCUT2D eigenvalue weighted by Crippen LogP contribution is -2.30. The predicted molar refractivity (Wildman–Crippen MR) is 112 cm³/mol. The van der Waals surface area contributed by atoms with Gasteiger partial charge in [-0.3, -0.25) is 0 Å². The predicted octanol–water partition coefficient (Wildman–Crippen LogP) is 3.24. The van der Waals surface area contributed by atoms with Gasteiger partial charge in [0.25, 0.3) is 5.95 Å². The van der Waals surface area contributed by atoms with Crippen LogP contribution in [0.1, 0.15) is 28.5 Å². The molecule has 0 aliphatic carbocycles. The number of benzene rings is 2. The van der Waals surface area contributed by atoms with Gasteiger partial charge in [0.1, 0.15) is 5.75 Å². The molecule has 0 aliphatic rings. The van der Waals surface area contributed by atoms with Crippen molar-refractivity contribution >= 4 is 34.5 Å². The Morgan fingerprint density at radius 2 is 1.97 bits per heavy atom. The number of nitrogens with one attached hydrogen (secondary N) is 1. The fraction of sp³-hybridized carbons (Fsp3) is 0.143. The van der Waals surface area contributed by atoms with Crippen LogP contribution in [0.25, 0.3) is 16.6 Å². The molecule has 8 nitrogen and oxygen atoms in total. The summed E-state index contributed by atoms with van der Waals surface area (Å²) in [5.74, 6) is -0.125. The molecule has 0 spiro atoms. The SMILES string of the molecule is C=C(NC(N)=Nc1nc(C)c2cc(OCC)ccc2n1)c1ccccc1C(=O)O. The van der Waals surface area contributed by atoms with E-state index in [1.165, 1.54) is 6.07 Å². The van der Waals surface area contributed by atoms with Crippen LogP contribution in [0.4, 0.5) is 5.95 Å². The van der Waals surface area contributed by atoms with Crippen LogP contribution in [0.15, 0.2) is 54.0 Å². The molecule has 1 heterocycles. The van der Waals surface area contributed by atoms with Gasteiger partial charge in [-0.05, 0) is 38.1 Å². The molecule has 0 aliphatic heterocycles. The molecule has 148 valence electrons. The topological polar surface area (TPSA) is 123 Å². The fourth-order valence-corrected chi connectivity index (χ4v) is 2.84. The molecule has 2 aromatic carbocycles. The number of aryl methyl sites for hydroxylation is 1. The van der Waals surface area contributed by atoms with Crippen molar-refractivity contribution in [3.05, 3.63) is 65.9 Å². The van der Waals surface area contributed by atoms with Crippen molar-refractivity contribution in [2.75, 3.05) is 6.61 Å². The minimum absolute atomic E-state index is 0.000113. The molecule has 0 atom stereocenters. The smallest absolute Gasteiger partial charge is 0.336 e. The van der Waals surface area contributed by atoms with E-state index in [0.29, 0.717) is 23.4 Å². The van der Waals surface area contributed by atoms with E-state index < -0.39 is 5.97 Å². The van der Waals surface area contributed by atoms with E-state index in [0.717, 1.165) is 16.8 Å². The Bertz CT molecular complexity index is 1120. The first-order valence-corrected chi connectivity index (χ1v) is 8.93. The summed E-state index contributed by atoms with van der Waals surface area (Å²) in [6, 6.07) is 12.0. The minimum atomic E-state index is -1.06. The van der Waals surface area contributed by atoms with Crippen LogP contribution in [0.2, 0.25) is 0 Å². The molecule has 0 radical (unpaired) electrons. The van der Waals surface area contributed by atoms with Crippen molar-refractivity contribution in [2.45, 2.75) is 13.8 Å². The van der Waals surface area contributed by atoms with Gasteiger partial charge >= 0.3 is 5.97 Å². The van der Waals surface area contributed by atoms with Gasteiger partial charge in [0.15, 0.2) is 0 Å². The van der Waals surface area contributed by atoms with Gasteiger partial charge in [0.05, 0.1) is 23.4 Å². The number of ether oxygens (including phenoxy) is 1. The molecule has 8 heteroatoms. The molecule has 0 bridgehead atoms. The largest absolute Gasteiger partial charge is 0.494 e. The summed E-state index contributed by atoms with van der Waals surface area (Å²) >= 11 is 0. The van der Waals surface area contributed by atoms with Gasteiger partial charge in [-0.15, -0.1) is 0 Å². The van der Waals surface area contributed by atoms with Crippen molar-refractivity contribution in [1.29, 1.82) is 0 Å². The highest BCUT2D eigenvalue weighted by atomic mass is 16.5. The molecule has 0 amide bonds. The fourth-order valence-electron chi connectivity index (χ4n) is 2.84. The number of carbonyl (C=O) groups is 1. The summed E-state index contributed by atoms with van der Waals surface area (Å²) in [6.07, 6.45) is 0. The van der Waals surface area contributed by atoms with Crippen molar-refractivity contribution in [2.24, 2.45) is 10.7 Å². The number of aromatic nitrogens is 2. The molecule has 0 fully saturated rings. The Hall–Kier alpha value is -3.94. The Labute approximate surface area is 167 Å². The number of hydrogen-bond acceptors (Lipinski definition) is 5. The lowest BCUT2D eigenvalue weighted by Gasteiger charge is -2.11. The van der Waals surface area contributed by atoms with Crippen LogP contribution < -0.4 is 15.8 Å². The maximum Gasteiger partial charge on any atom is 0.336 e. The van der Waals surface area contributed by atoms with Crippen LogP contribution >= 0.6 is 0 Å². The van der Waals surface area contributed by atoms with Crippen LogP contribution in [0, 0.1) is 6.92 Å². The summed E-state index contributed by atoms with van der Waals surface area (Å²) in [5, 5.41) is 13.0. The van der Waals surface area contributed by atoms with E-state index in [-0.39, 0.29) is 17.5 Å². The zero-order valence-electron chi connectivity index (χ0n) is 16.1. The van der Waals surface area contributed by atoms with Crippen molar-refractivity contribution in [3.63, 3.8) is 0 Å².